The van der Waals surface area contributed by atoms with Gasteiger partial charge in [0.15, 0.2) is 0 Å². The van der Waals surface area contributed by atoms with E-state index in [9.17, 15) is 0 Å². The molecule has 0 saturated carbocycles. The predicted molar refractivity (Wildman–Crippen MR) is 79.7 cm³/mol. The number of aromatic nitrogens is 1. The molecule has 1 heterocycles. The Kier molecular flexibility index (Phi) is 4.40. The van der Waals surface area contributed by atoms with Crippen LogP contribution in [0.25, 0.3) is 0 Å². The minimum atomic E-state index is 0.544. The molecule has 0 radical (unpaired) electrons. The Morgan fingerprint density at radius 1 is 1.28 bits per heavy atom. The molecule has 2 nitrogen and oxygen atoms in total. The van der Waals surface area contributed by atoms with Crippen molar-refractivity contribution < 1.29 is 4.74 Å². The largest absolute Gasteiger partial charge is 0.486 e. The van der Waals surface area contributed by atoms with Crippen LogP contribution in [0.4, 0.5) is 0 Å². The minimum absolute atomic E-state index is 0.544. The second-order valence-corrected chi connectivity index (χ2v) is 6.13. The quantitative estimate of drug-likeness (QED) is 0.770. The van der Waals surface area contributed by atoms with Gasteiger partial charge in [0.1, 0.15) is 17.4 Å². The van der Waals surface area contributed by atoms with Crippen molar-refractivity contribution in [2.75, 3.05) is 0 Å². The van der Waals surface area contributed by atoms with Crippen molar-refractivity contribution in [2.45, 2.75) is 32.7 Å². The number of ether oxygens (including phenoxy) is 1. The number of aryl methyl sites for hydroxylation is 3. The first-order valence-electron chi connectivity index (χ1n) is 5.81. The van der Waals surface area contributed by atoms with E-state index in [0.717, 1.165) is 21.8 Å². The van der Waals surface area contributed by atoms with Crippen molar-refractivity contribution in [1.29, 1.82) is 0 Å². The highest BCUT2D eigenvalue weighted by Gasteiger charge is 2.07. The number of nitrogens with zero attached hydrogens (tertiary/aromatic N) is 1. The summed E-state index contributed by atoms with van der Waals surface area (Å²) in [5, 5.41) is 1.84. The summed E-state index contributed by atoms with van der Waals surface area (Å²) in [6.45, 7) is 6.75. The van der Waals surface area contributed by atoms with E-state index in [1.165, 1.54) is 16.0 Å². The van der Waals surface area contributed by atoms with E-state index in [4.69, 9.17) is 4.74 Å². The van der Waals surface area contributed by atoms with E-state index < -0.39 is 0 Å². The van der Waals surface area contributed by atoms with Crippen LogP contribution in [0.3, 0.4) is 0 Å². The van der Waals surface area contributed by atoms with E-state index in [1.807, 2.05) is 13.0 Å². The molecule has 0 spiro atoms. The van der Waals surface area contributed by atoms with Gasteiger partial charge in [-0.15, -0.1) is 11.3 Å². The summed E-state index contributed by atoms with van der Waals surface area (Å²) in [5.41, 5.74) is 3.53. The number of thiazole rings is 1. The fraction of sp³-hybridized carbons (Fsp3) is 0.357. The van der Waals surface area contributed by atoms with Gasteiger partial charge < -0.3 is 4.74 Å². The van der Waals surface area contributed by atoms with Gasteiger partial charge in [0.05, 0.1) is 5.69 Å². The fourth-order valence-corrected chi connectivity index (χ4v) is 2.98. The first kappa shape index (κ1) is 13.6. The van der Waals surface area contributed by atoms with Crippen LogP contribution in [0.1, 0.15) is 26.7 Å². The zero-order valence-corrected chi connectivity index (χ0v) is 13.2. The van der Waals surface area contributed by atoms with E-state index in [1.54, 1.807) is 11.3 Å². The van der Waals surface area contributed by atoms with Crippen LogP contribution in [0.5, 0.6) is 5.75 Å². The second-order valence-electron chi connectivity index (χ2n) is 4.28. The van der Waals surface area contributed by atoms with E-state index in [0.29, 0.717) is 6.61 Å². The molecular formula is C14H16BrNOS. The molecule has 0 aliphatic carbocycles. The molecule has 0 bridgehead atoms. The minimum Gasteiger partial charge on any atom is -0.486 e. The first-order chi connectivity index (χ1) is 8.60. The molecule has 0 saturated heterocycles. The van der Waals surface area contributed by atoms with Gasteiger partial charge in [0, 0.05) is 15.8 Å². The van der Waals surface area contributed by atoms with Crippen molar-refractivity contribution in [1.82, 2.24) is 4.98 Å². The zero-order chi connectivity index (χ0) is 13.1. The molecule has 0 fully saturated rings. The van der Waals surface area contributed by atoms with Gasteiger partial charge in [0.25, 0.3) is 0 Å². The maximum atomic E-state index is 5.86. The Balaban J connectivity index is 2.10. The number of hydrogen-bond donors (Lipinski definition) is 0. The Morgan fingerprint density at radius 3 is 2.67 bits per heavy atom. The van der Waals surface area contributed by atoms with E-state index in [-0.39, 0.29) is 0 Å². The standard InChI is InChI=1S/C14H16BrNOS/c1-9-4-5-13(12(6-9)7-15)17-8-14-16-10(2)11(3)18-14/h4-6H,7-8H2,1-3H3. The molecule has 96 valence electrons. The monoisotopic (exact) mass is 325 g/mol. The van der Waals surface area contributed by atoms with Crippen molar-refractivity contribution >= 4 is 27.3 Å². The zero-order valence-electron chi connectivity index (χ0n) is 10.8. The average molecular weight is 326 g/mol. The SMILES string of the molecule is Cc1ccc(OCc2nc(C)c(C)s2)c(CBr)c1. The topological polar surface area (TPSA) is 22.1 Å². The Morgan fingerprint density at radius 2 is 2.06 bits per heavy atom. The van der Waals surface area contributed by atoms with Gasteiger partial charge in [-0.2, -0.15) is 0 Å². The van der Waals surface area contributed by atoms with Crippen LogP contribution in [0, 0.1) is 20.8 Å². The summed E-state index contributed by atoms with van der Waals surface area (Å²) in [6, 6.07) is 6.24. The number of hydrogen-bond acceptors (Lipinski definition) is 3. The van der Waals surface area contributed by atoms with Crippen LogP contribution in [0.2, 0.25) is 0 Å². The molecule has 0 aliphatic rings. The molecule has 4 heteroatoms. The highest BCUT2D eigenvalue weighted by atomic mass is 79.9. The molecule has 2 aromatic rings. The lowest BCUT2D eigenvalue weighted by Crippen LogP contribution is -1.97. The number of halogens is 1. The Hall–Kier alpha value is -0.870. The van der Waals surface area contributed by atoms with Crippen LogP contribution in [0.15, 0.2) is 18.2 Å². The van der Waals surface area contributed by atoms with Crippen molar-refractivity contribution in [2.24, 2.45) is 0 Å². The van der Waals surface area contributed by atoms with Crippen molar-refractivity contribution in [3.63, 3.8) is 0 Å². The third-order valence-corrected chi connectivity index (χ3v) is 4.43. The average Bonchev–Trinajstić information content (AvgIpc) is 2.67. The highest BCUT2D eigenvalue weighted by molar-refractivity contribution is 9.08. The lowest BCUT2D eigenvalue weighted by atomic mass is 10.1. The molecule has 0 N–H and O–H groups in total. The second kappa shape index (κ2) is 5.85. The molecule has 2 rings (SSSR count). The molecule has 0 aliphatic heterocycles. The summed E-state index contributed by atoms with van der Waals surface area (Å²) in [6.07, 6.45) is 0. The molecule has 0 amide bonds. The van der Waals surface area contributed by atoms with Crippen LogP contribution >= 0.6 is 27.3 Å². The van der Waals surface area contributed by atoms with E-state index in [2.05, 4.69) is 46.9 Å². The highest BCUT2D eigenvalue weighted by Crippen LogP contribution is 2.24. The van der Waals surface area contributed by atoms with Gasteiger partial charge in [-0.05, 0) is 26.8 Å². The van der Waals surface area contributed by atoms with Crippen LogP contribution in [-0.2, 0) is 11.9 Å². The smallest absolute Gasteiger partial charge is 0.140 e. The van der Waals surface area contributed by atoms with Gasteiger partial charge in [0.2, 0.25) is 0 Å². The van der Waals surface area contributed by atoms with Gasteiger partial charge in [-0.1, -0.05) is 33.6 Å². The summed E-state index contributed by atoms with van der Waals surface area (Å²) < 4.78 is 5.86. The molecule has 1 aromatic heterocycles. The number of alkyl halides is 1. The first-order valence-corrected chi connectivity index (χ1v) is 7.75. The lowest BCUT2D eigenvalue weighted by Gasteiger charge is -2.09. The van der Waals surface area contributed by atoms with Gasteiger partial charge in [-0.3, -0.25) is 0 Å². The molecule has 0 unspecified atom stereocenters. The normalized spacial score (nSPS) is 10.7. The number of benzene rings is 1. The van der Waals surface area contributed by atoms with Crippen molar-refractivity contribution in [3.05, 3.63) is 44.9 Å². The van der Waals surface area contributed by atoms with Gasteiger partial charge >= 0.3 is 0 Å². The maximum absolute atomic E-state index is 5.86. The molecule has 1 aromatic carbocycles. The summed E-state index contributed by atoms with van der Waals surface area (Å²) in [5.74, 6) is 0.933. The molecular weight excluding hydrogens is 310 g/mol. The van der Waals surface area contributed by atoms with Crippen molar-refractivity contribution in [3.8, 4) is 5.75 Å². The summed E-state index contributed by atoms with van der Waals surface area (Å²) in [7, 11) is 0. The van der Waals surface area contributed by atoms with Gasteiger partial charge in [-0.25, -0.2) is 4.98 Å². The van der Waals surface area contributed by atoms with Crippen LogP contribution in [-0.4, -0.2) is 4.98 Å². The lowest BCUT2D eigenvalue weighted by molar-refractivity contribution is 0.303. The Bertz CT molecular complexity index is 531. The third-order valence-electron chi connectivity index (χ3n) is 2.78. The Labute approximate surface area is 120 Å². The summed E-state index contributed by atoms with van der Waals surface area (Å²) in [4.78, 5) is 5.74. The fourth-order valence-electron chi connectivity index (χ4n) is 1.69. The third kappa shape index (κ3) is 3.12. The molecule has 18 heavy (non-hydrogen) atoms. The van der Waals surface area contributed by atoms with Crippen LogP contribution < -0.4 is 4.74 Å². The maximum Gasteiger partial charge on any atom is 0.140 e. The predicted octanol–water partition coefficient (Wildman–Crippen LogP) is 4.54. The molecule has 0 atom stereocenters. The van der Waals surface area contributed by atoms with E-state index >= 15 is 0 Å². The number of rotatable bonds is 4. The summed E-state index contributed by atoms with van der Waals surface area (Å²) >= 11 is 5.19.